The lowest BCUT2D eigenvalue weighted by atomic mass is 10.1. The largest absolute Gasteiger partial charge is 0.595 e. The van der Waals surface area contributed by atoms with Gasteiger partial charge in [-0.15, -0.1) is 0 Å². The number of benzene rings is 1. The highest BCUT2D eigenvalue weighted by atomic mass is 16.8. The van der Waals surface area contributed by atoms with Gasteiger partial charge in [0.05, 0.1) is 0 Å². The van der Waals surface area contributed by atoms with E-state index >= 15 is 0 Å². The first-order valence-corrected chi connectivity index (χ1v) is 4.61. The van der Waals surface area contributed by atoms with Gasteiger partial charge >= 0.3 is 5.69 Å². The van der Waals surface area contributed by atoms with Gasteiger partial charge in [-0.25, -0.2) is 15.1 Å². The lowest BCUT2D eigenvalue weighted by Crippen LogP contribution is -2.99. The Morgan fingerprint density at radius 3 is 2.56 bits per heavy atom. The van der Waals surface area contributed by atoms with Crippen LogP contribution in [0.2, 0.25) is 0 Å². The molecule has 0 amide bonds. The molecule has 0 bridgehead atoms. The van der Waals surface area contributed by atoms with Crippen LogP contribution in [0.1, 0.15) is 11.4 Å². The van der Waals surface area contributed by atoms with E-state index in [0.29, 0.717) is 12.2 Å². The number of hydrogen-bond acceptors (Lipinski definition) is 4. The summed E-state index contributed by atoms with van der Waals surface area (Å²) < 4.78 is 0. The Morgan fingerprint density at radius 1 is 1.38 bits per heavy atom. The summed E-state index contributed by atoms with van der Waals surface area (Å²) in [5.41, 5.74) is 0.768. The number of hydrogen-bond donors (Lipinski definition) is 4. The minimum Gasteiger partial charge on any atom is -0.595 e. The van der Waals surface area contributed by atoms with Crippen molar-refractivity contribution >= 4 is 5.69 Å². The van der Waals surface area contributed by atoms with Crippen LogP contribution in [-0.4, -0.2) is 20.4 Å². The van der Waals surface area contributed by atoms with Crippen molar-refractivity contribution in [3.05, 3.63) is 51.3 Å². The van der Waals surface area contributed by atoms with Gasteiger partial charge in [-0.05, 0) is 5.56 Å². The summed E-state index contributed by atoms with van der Waals surface area (Å²) in [4.78, 5) is 13.3. The number of aromatic amines is 2. The van der Waals surface area contributed by atoms with Crippen molar-refractivity contribution in [1.29, 1.82) is 0 Å². The van der Waals surface area contributed by atoms with Gasteiger partial charge in [-0.2, -0.15) is 10.3 Å². The third kappa shape index (κ3) is 2.34. The molecule has 84 valence electrons. The summed E-state index contributed by atoms with van der Waals surface area (Å²) in [6.07, 6.45) is 0.457. The number of nitrogens with zero attached hydrogens (tertiary/aromatic N) is 1. The molecule has 0 aliphatic carbocycles. The number of nitrogens with one attached hydrogen (secondary N) is 3. The fourth-order valence-corrected chi connectivity index (χ4v) is 1.35. The van der Waals surface area contributed by atoms with Crippen molar-refractivity contribution in [2.45, 2.75) is 6.42 Å². The third-order valence-corrected chi connectivity index (χ3v) is 2.12. The highest BCUT2D eigenvalue weighted by Crippen LogP contribution is 2.07. The van der Waals surface area contributed by atoms with Crippen LogP contribution in [0, 0.1) is 5.21 Å². The SMILES string of the molecule is O=c1[nH]nc(Cc2ccc([NH+]([O-])O)cc2)[nH]1. The van der Waals surface area contributed by atoms with Crippen LogP contribution in [0.25, 0.3) is 0 Å². The number of aromatic nitrogens is 3. The summed E-state index contributed by atoms with van der Waals surface area (Å²) in [6.45, 7) is 0. The molecule has 0 radical (unpaired) electrons. The van der Waals surface area contributed by atoms with E-state index < -0.39 is 5.23 Å². The van der Waals surface area contributed by atoms with E-state index in [1.807, 2.05) is 0 Å². The Balaban J connectivity index is 2.14. The fraction of sp³-hybridized carbons (Fsp3) is 0.111. The smallest absolute Gasteiger partial charge is 0.340 e. The fourth-order valence-electron chi connectivity index (χ4n) is 1.35. The van der Waals surface area contributed by atoms with Crippen LogP contribution in [0.15, 0.2) is 29.1 Å². The number of H-pyrrole nitrogens is 2. The number of rotatable bonds is 3. The van der Waals surface area contributed by atoms with Crippen molar-refractivity contribution < 1.29 is 10.4 Å². The summed E-state index contributed by atoms with van der Waals surface area (Å²) in [7, 11) is 0. The van der Waals surface area contributed by atoms with E-state index in [4.69, 9.17) is 5.21 Å². The Bertz CT molecular complexity index is 514. The maximum atomic E-state index is 10.8. The zero-order valence-corrected chi connectivity index (χ0v) is 8.23. The average Bonchev–Trinajstić information content (AvgIpc) is 2.65. The average molecular weight is 222 g/mol. The topological polar surface area (TPSA) is 109 Å². The standard InChI is InChI=1S/C9H10N4O3/c14-9-10-8(11-12-9)5-6-1-3-7(4-2-6)13(15)16/h1-4,13,15H,5H2,(H2,10,11,12,14). The monoisotopic (exact) mass is 222 g/mol. The Labute approximate surface area is 89.9 Å². The lowest BCUT2D eigenvalue weighted by Gasteiger charge is -2.11. The first kappa shape index (κ1) is 10.6. The maximum Gasteiger partial charge on any atom is 0.340 e. The van der Waals surface area contributed by atoms with Crippen molar-refractivity contribution in [3.8, 4) is 0 Å². The Hall–Kier alpha value is -1.96. The molecule has 1 heterocycles. The molecule has 1 aromatic heterocycles. The second-order valence-corrected chi connectivity index (χ2v) is 3.30. The van der Waals surface area contributed by atoms with Crippen LogP contribution in [0.3, 0.4) is 0 Å². The van der Waals surface area contributed by atoms with Crippen molar-refractivity contribution in [1.82, 2.24) is 15.2 Å². The molecule has 4 N–H and O–H groups in total. The minimum absolute atomic E-state index is 0.235. The molecule has 7 heteroatoms. The summed E-state index contributed by atoms with van der Waals surface area (Å²) in [5.74, 6) is 0.521. The first-order valence-electron chi connectivity index (χ1n) is 4.61. The predicted octanol–water partition coefficient (Wildman–Crippen LogP) is -0.908. The van der Waals surface area contributed by atoms with Gasteiger partial charge in [0.15, 0.2) is 5.69 Å². The normalized spacial score (nSPS) is 12.6. The van der Waals surface area contributed by atoms with Gasteiger partial charge in [0.2, 0.25) is 0 Å². The molecule has 0 fully saturated rings. The Kier molecular flexibility index (Phi) is 2.82. The lowest BCUT2D eigenvalue weighted by molar-refractivity contribution is -0.991. The van der Waals surface area contributed by atoms with E-state index in [9.17, 15) is 10.0 Å². The molecule has 16 heavy (non-hydrogen) atoms. The molecule has 0 spiro atoms. The molecule has 2 aromatic rings. The van der Waals surface area contributed by atoms with E-state index in [1.165, 1.54) is 12.1 Å². The van der Waals surface area contributed by atoms with Gasteiger partial charge in [-0.3, -0.25) is 4.98 Å². The van der Waals surface area contributed by atoms with Crippen LogP contribution >= 0.6 is 0 Å². The van der Waals surface area contributed by atoms with Crippen LogP contribution < -0.4 is 10.9 Å². The quantitative estimate of drug-likeness (QED) is 0.504. The molecule has 0 aliphatic rings. The summed E-state index contributed by atoms with van der Waals surface area (Å²) in [6, 6.07) is 6.41. The highest BCUT2D eigenvalue weighted by Gasteiger charge is 2.02. The van der Waals surface area contributed by atoms with Gasteiger partial charge in [-0.1, -0.05) is 12.1 Å². The molecule has 1 aromatic carbocycles. The minimum atomic E-state index is -0.959. The molecule has 7 nitrogen and oxygen atoms in total. The molecule has 1 atom stereocenters. The maximum absolute atomic E-state index is 10.8. The van der Waals surface area contributed by atoms with Crippen LogP contribution in [-0.2, 0) is 6.42 Å². The molecular formula is C9H10N4O3. The predicted molar refractivity (Wildman–Crippen MR) is 54.2 cm³/mol. The van der Waals surface area contributed by atoms with Gasteiger partial charge in [0.25, 0.3) is 0 Å². The van der Waals surface area contributed by atoms with E-state index in [1.54, 1.807) is 12.1 Å². The molecule has 0 aliphatic heterocycles. The van der Waals surface area contributed by atoms with Crippen molar-refractivity contribution in [2.75, 3.05) is 0 Å². The third-order valence-electron chi connectivity index (χ3n) is 2.12. The molecule has 1 unspecified atom stereocenters. The Morgan fingerprint density at radius 2 is 2.06 bits per heavy atom. The zero-order valence-electron chi connectivity index (χ0n) is 8.23. The zero-order chi connectivity index (χ0) is 11.5. The van der Waals surface area contributed by atoms with Gasteiger partial charge in [0, 0.05) is 18.6 Å². The van der Waals surface area contributed by atoms with Crippen molar-refractivity contribution in [2.24, 2.45) is 0 Å². The number of quaternary nitrogens is 1. The second kappa shape index (κ2) is 4.27. The van der Waals surface area contributed by atoms with Gasteiger partial charge in [0.1, 0.15) is 5.82 Å². The van der Waals surface area contributed by atoms with E-state index in [-0.39, 0.29) is 11.4 Å². The molecular weight excluding hydrogens is 212 g/mol. The second-order valence-electron chi connectivity index (χ2n) is 3.30. The van der Waals surface area contributed by atoms with Gasteiger partial charge < -0.3 is 5.21 Å². The summed E-state index contributed by atoms with van der Waals surface area (Å²) >= 11 is 0. The van der Waals surface area contributed by atoms with Crippen LogP contribution in [0.5, 0.6) is 0 Å². The van der Waals surface area contributed by atoms with E-state index in [2.05, 4.69) is 15.2 Å². The molecule has 0 saturated carbocycles. The molecule has 0 saturated heterocycles. The first-order chi connectivity index (χ1) is 7.65. The van der Waals surface area contributed by atoms with Crippen LogP contribution in [0.4, 0.5) is 5.69 Å². The van der Waals surface area contributed by atoms with E-state index in [0.717, 1.165) is 5.56 Å². The summed E-state index contributed by atoms with van der Waals surface area (Å²) in [5, 5.41) is 24.4. The molecule has 2 rings (SSSR count). The van der Waals surface area contributed by atoms with Crippen molar-refractivity contribution in [3.63, 3.8) is 0 Å². The highest BCUT2D eigenvalue weighted by molar-refractivity contribution is 5.33.